The smallest absolute Gasteiger partial charge is 0.258 e. The van der Waals surface area contributed by atoms with Gasteiger partial charge in [0.2, 0.25) is 15.8 Å². The molecule has 0 bridgehead atoms. The van der Waals surface area contributed by atoms with Gasteiger partial charge in [-0.15, -0.1) is 0 Å². The van der Waals surface area contributed by atoms with E-state index in [-0.39, 0.29) is 6.54 Å². The van der Waals surface area contributed by atoms with E-state index in [1.807, 2.05) is 0 Å². The molecule has 0 saturated heterocycles. The molecular formula is C13H11FN2O4S. The van der Waals surface area contributed by atoms with Crippen LogP contribution in [0.1, 0.15) is 5.56 Å². The molecule has 110 valence electrons. The molecule has 1 N–H and O–H groups in total. The highest BCUT2D eigenvalue weighted by molar-refractivity contribution is 7.89. The topological polar surface area (TPSA) is 89.3 Å². The Labute approximate surface area is 120 Å². The zero-order valence-electron chi connectivity index (χ0n) is 10.7. The summed E-state index contributed by atoms with van der Waals surface area (Å²) in [6, 6.07) is 11.6. The lowest BCUT2D eigenvalue weighted by molar-refractivity contribution is -0.390. The second-order valence-corrected chi connectivity index (χ2v) is 5.89. The van der Waals surface area contributed by atoms with E-state index in [1.54, 1.807) is 30.3 Å². The molecule has 0 heterocycles. The lowest BCUT2D eigenvalue weighted by atomic mass is 10.2. The lowest BCUT2D eigenvalue weighted by Gasteiger charge is -2.07. The SMILES string of the molecule is O=[N+]([O-])c1c(F)cccc1S(=O)(=O)NCc1ccccc1. The number of halogens is 1. The summed E-state index contributed by atoms with van der Waals surface area (Å²) in [5.41, 5.74) is -0.377. The van der Waals surface area contributed by atoms with E-state index in [4.69, 9.17) is 0 Å². The molecule has 0 aliphatic rings. The average molecular weight is 310 g/mol. The van der Waals surface area contributed by atoms with Gasteiger partial charge >= 0.3 is 5.69 Å². The van der Waals surface area contributed by atoms with E-state index in [0.717, 1.165) is 18.2 Å². The van der Waals surface area contributed by atoms with Gasteiger partial charge in [-0.05, 0) is 17.7 Å². The summed E-state index contributed by atoms with van der Waals surface area (Å²) in [4.78, 5) is 9.10. The standard InChI is InChI=1S/C13H11FN2O4S/c14-11-7-4-8-12(13(11)16(17)18)21(19,20)15-9-10-5-2-1-3-6-10/h1-8,15H,9H2. The summed E-state index contributed by atoms with van der Waals surface area (Å²) >= 11 is 0. The van der Waals surface area contributed by atoms with Crippen molar-refractivity contribution in [2.75, 3.05) is 0 Å². The normalized spacial score (nSPS) is 11.3. The minimum Gasteiger partial charge on any atom is -0.258 e. The van der Waals surface area contributed by atoms with Gasteiger partial charge in [0.25, 0.3) is 0 Å². The van der Waals surface area contributed by atoms with Crippen molar-refractivity contribution in [3.05, 3.63) is 70.0 Å². The molecule has 0 atom stereocenters. The third-order valence-corrected chi connectivity index (χ3v) is 4.16. The highest BCUT2D eigenvalue weighted by Gasteiger charge is 2.29. The largest absolute Gasteiger partial charge is 0.324 e. The second-order valence-electron chi connectivity index (χ2n) is 4.15. The van der Waals surface area contributed by atoms with Crippen LogP contribution in [0.2, 0.25) is 0 Å². The first-order valence-corrected chi connectivity index (χ1v) is 7.36. The van der Waals surface area contributed by atoms with Crippen LogP contribution in [0.3, 0.4) is 0 Å². The predicted octanol–water partition coefficient (Wildman–Crippen LogP) is 2.21. The van der Waals surface area contributed by atoms with Crippen molar-refractivity contribution in [2.45, 2.75) is 11.4 Å². The molecule has 8 heteroatoms. The zero-order valence-corrected chi connectivity index (χ0v) is 11.5. The monoisotopic (exact) mass is 310 g/mol. The fourth-order valence-electron chi connectivity index (χ4n) is 1.74. The number of nitrogens with one attached hydrogen (secondary N) is 1. The highest BCUT2D eigenvalue weighted by Crippen LogP contribution is 2.26. The first kappa shape index (κ1) is 15.1. The van der Waals surface area contributed by atoms with E-state index in [0.29, 0.717) is 5.56 Å². The summed E-state index contributed by atoms with van der Waals surface area (Å²) in [5, 5.41) is 10.8. The molecule has 0 fully saturated rings. The molecule has 6 nitrogen and oxygen atoms in total. The molecule has 2 rings (SSSR count). The molecule has 0 saturated carbocycles. The first-order chi connectivity index (χ1) is 9.92. The Morgan fingerprint density at radius 3 is 2.38 bits per heavy atom. The Hall–Kier alpha value is -2.32. The quantitative estimate of drug-likeness (QED) is 0.677. The number of benzene rings is 2. The minimum atomic E-state index is -4.19. The summed E-state index contributed by atoms with van der Waals surface area (Å²) in [6.45, 7) is -0.0448. The van der Waals surface area contributed by atoms with Gasteiger partial charge in [0.1, 0.15) is 0 Å². The molecule has 0 spiro atoms. The Kier molecular flexibility index (Phi) is 4.29. The predicted molar refractivity (Wildman–Crippen MR) is 73.5 cm³/mol. The summed E-state index contributed by atoms with van der Waals surface area (Å²) in [6.07, 6.45) is 0. The third kappa shape index (κ3) is 3.41. The Bertz CT molecular complexity index is 763. The number of nitro benzene ring substituents is 1. The van der Waals surface area contributed by atoms with Gasteiger partial charge in [-0.1, -0.05) is 36.4 Å². The molecule has 0 aliphatic heterocycles. The van der Waals surface area contributed by atoms with E-state index >= 15 is 0 Å². The van der Waals surface area contributed by atoms with Crippen LogP contribution in [-0.2, 0) is 16.6 Å². The average Bonchev–Trinajstić information content (AvgIpc) is 2.46. The molecule has 21 heavy (non-hydrogen) atoms. The summed E-state index contributed by atoms with van der Waals surface area (Å²) in [7, 11) is -4.19. The maximum atomic E-state index is 13.5. The van der Waals surface area contributed by atoms with Crippen molar-refractivity contribution >= 4 is 15.7 Å². The number of nitrogens with zero attached hydrogens (tertiary/aromatic N) is 1. The Morgan fingerprint density at radius 2 is 1.76 bits per heavy atom. The van der Waals surface area contributed by atoms with Crippen LogP contribution in [0.25, 0.3) is 0 Å². The fourth-order valence-corrected chi connectivity index (χ4v) is 2.94. The number of para-hydroxylation sites is 1. The number of sulfonamides is 1. The minimum absolute atomic E-state index is 0.0448. The maximum absolute atomic E-state index is 13.5. The molecule has 2 aromatic carbocycles. The van der Waals surface area contributed by atoms with E-state index in [9.17, 15) is 22.9 Å². The number of hydrogen-bond donors (Lipinski definition) is 1. The van der Waals surface area contributed by atoms with Gasteiger partial charge in [-0.2, -0.15) is 4.39 Å². The van der Waals surface area contributed by atoms with Gasteiger partial charge < -0.3 is 0 Å². The van der Waals surface area contributed by atoms with Crippen LogP contribution in [0, 0.1) is 15.9 Å². The van der Waals surface area contributed by atoms with Crippen molar-refractivity contribution < 1.29 is 17.7 Å². The lowest BCUT2D eigenvalue weighted by Crippen LogP contribution is -2.24. The Balaban J connectivity index is 2.32. The van der Waals surface area contributed by atoms with E-state index in [1.165, 1.54) is 0 Å². The van der Waals surface area contributed by atoms with Crippen LogP contribution in [-0.4, -0.2) is 13.3 Å². The van der Waals surface area contributed by atoms with Crippen molar-refractivity contribution in [3.8, 4) is 0 Å². The summed E-state index contributed by atoms with van der Waals surface area (Å²) in [5.74, 6) is -1.19. The van der Waals surface area contributed by atoms with Gasteiger partial charge in [0.15, 0.2) is 4.90 Å². The second kappa shape index (κ2) is 5.98. The molecule has 0 radical (unpaired) electrons. The van der Waals surface area contributed by atoms with E-state index < -0.39 is 31.3 Å². The fraction of sp³-hybridized carbons (Fsp3) is 0.0769. The van der Waals surface area contributed by atoms with Gasteiger partial charge in [-0.3, -0.25) is 10.1 Å². The highest BCUT2D eigenvalue weighted by atomic mass is 32.2. The van der Waals surface area contributed by atoms with Crippen LogP contribution < -0.4 is 4.72 Å². The third-order valence-electron chi connectivity index (χ3n) is 2.73. The number of rotatable bonds is 5. The van der Waals surface area contributed by atoms with Crippen LogP contribution in [0.15, 0.2) is 53.4 Å². The first-order valence-electron chi connectivity index (χ1n) is 5.88. The van der Waals surface area contributed by atoms with Gasteiger partial charge in [-0.25, -0.2) is 13.1 Å². The summed E-state index contributed by atoms with van der Waals surface area (Å²) < 4.78 is 39.9. The van der Waals surface area contributed by atoms with Crippen molar-refractivity contribution in [2.24, 2.45) is 0 Å². The molecule has 0 amide bonds. The van der Waals surface area contributed by atoms with E-state index in [2.05, 4.69) is 4.72 Å². The van der Waals surface area contributed by atoms with Crippen LogP contribution >= 0.6 is 0 Å². The molecular weight excluding hydrogens is 299 g/mol. The molecule has 0 aromatic heterocycles. The van der Waals surface area contributed by atoms with Crippen LogP contribution in [0.5, 0.6) is 0 Å². The Morgan fingerprint density at radius 1 is 1.10 bits per heavy atom. The van der Waals surface area contributed by atoms with Gasteiger partial charge in [0, 0.05) is 6.54 Å². The number of nitro groups is 1. The number of hydrogen-bond acceptors (Lipinski definition) is 4. The molecule has 2 aromatic rings. The van der Waals surface area contributed by atoms with Gasteiger partial charge in [0.05, 0.1) is 4.92 Å². The maximum Gasteiger partial charge on any atom is 0.324 e. The molecule has 0 aliphatic carbocycles. The molecule has 0 unspecified atom stereocenters. The van der Waals surface area contributed by atoms with Crippen molar-refractivity contribution in [3.63, 3.8) is 0 Å². The van der Waals surface area contributed by atoms with Crippen molar-refractivity contribution in [1.82, 2.24) is 4.72 Å². The van der Waals surface area contributed by atoms with Crippen molar-refractivity contribution in [1.29, 1.82) is 0 Å². The zero-order chi connectivity index (χ0) is 15.5. The van der Waals surface area contributed by atoms with Crippen LogP contribution in [0.4, 0.5) is 10.1 Å².